The third-order valence-corrected chi connectivity index (χ3v) is 5.82. The van der Waals surface area contributed by atoms with Crippen molar-refractivity contribution in [2.45, 2.75) is 12.5 Å². The van der Waals surface area contributed by atoms with Crippen molar-refractivity contribution in [1.82, 2.24) is 4.90 Å². The maximum absolute atomic E-state index is 13.6. The maximum Gasteiger partial charge on any atom is 0.277 e. The van der Waals surface area contributed by atoms with E-state index in [2.05, 4.69) is 0 Å². The lowest BCUT2D eigenvalue weighted by molar-refractivity contribution is -0.394. The molecule has 1 atom stereocenters. The molecule has 0 saturated carbocycles. The van der Waals surface area contributed by atoms with Crippen LogP contribution in [0.25, 0.3) is 0 Å². The summed E-state index contributed by atoms with van der Waals surface area (Å²) in [5, 5.41) is 22.7. The van der Waals surface area contributed by atoms with E-state index in [1.165, 1.54) is 7.11 Å². The van der Waals surface area contributed by atoms with E-state index in [0.717, 1.165) is 34.9 Å². The number of non-ortho nitro benzene ring substituents is 2. The van der Waals surface area contributed by atoms with Crippen molar-refractivity contribution in [2.75, 3.05) is 20.8 Å². The number of ether oxygens (including phenoxy) is 2. The van der Waals surface area contributed by atoms with Crippen LogP contribution in [0, 0.1) is 20.2 Å². The predicted octanol–water partition coefficient (Wildman–Crippen LogP) is 4.31. The van der Waals surface area contributed by atoms with Gasteiger partial charge < -0.3 is 14.4 Å². The molecule has 34 heavy (non-hydrogen) atoms. The van der Waals surface area contributed by atoms with Gasteiger partial charge in [0, 0.05) is 18.7 Å². The summed E-state index contributed by atoms with van der Waals surface area (Å²) < 4.78 is 10.9. The number of nitro benzene ring substituents is 2. The smallest absolute Gasteiger partial charge is 0.277 e. The fourth-order valence-electron chi connectivity index (χ4n) is 4.25. The average Bonchev–Trinajstić information content (AvgIpc) is 2.86. The van der Waals surface area contributed by atoms with Crippen molar-refractivity contribution in [1.29, 1.82) is 0 Å². The highest BCUT2D eigenvalue weighted by Crippen LogP contribution is 2.41. The Hall–Kier alpha value is -4.47. The van der Waals surface area contributed by atoms with Crippen LogP contribution in [-0.2, 0) is 6.42 Å². The van der Waals surface area contributed by atoms with E-state index in [1.807, 2.05) is 42.5 Å². The second-order valence-electron chi connectivity index (χ2n) is 7.72. The Kier molecular flexibility index (Phi) is 6.13. The molecule has 0 bridgehead atoms. The van der Waals surface area contributed by atoms with Gasteiger partial charge in [-0.2, -0.15) is 0 Å². The molecule has 10 nitrogen and oxygen atoms in total. The van der Waals surface area contributed by atoms with Gasteiger partial charge >= 0.3 is 0 Å². The Morgan fingerprint density at radius 1 is 0.912 bits per heavy atom. The van der Waals surface area contributed by atoms with Gasteiger partial charge in [-0.1, -0.05) is 30.3 Å². The number of nitrogens with zero attached hydrogens (tertiary/aromatic N) is 3. The lowest BCUT2D eigenvalue weighted by Gasteiger charge is -2.38. The molecular formula is C24H21N3O7. The lowest BCUT2D eigenvalue weighted by atomic mass is 9.87. The number of rotatable bonds is 6. The Balaban J connectivity index is 1.86. The summed E-state index contributed by atoms with van der Waals surface area (Å²) >= 11 is 0. The zero-order valence-electron chi connectivity index (χ0n) is 18.5. The van der Waals surface area contributed by atoms with E-state index in [1.54, 1.807) is 12.0 Å². The molecule has 4 rings (SSSR count). The van der Waals surface area contributed by atoms with Crippen molar-refractivity contribution in [3.63, 3.8) is 0 Å². The van der Waals surface area contributed by atoms with Gasteiger partial charge in [0.2, 0.25) is 0 Å². The van der Waals surface area contributed by atoms with Gasteiger partial charge in [-0.3, -0.25) is 25.0 Å². The number of benzene rings is 3. The van der Waals surface area contributed by atoms with E-state index in [9.17, 15) is 25.0 Å². The molecule has 3 aromatic rings. The minimum atomic E-state index is -0.749. The van der Waals surface area contributed by atoms with Crippen LogP contribution in [0.15, 0.2) is 60.7 Å². The van der Waals surface area contributed by atoms with Gasteiger partial charge in [0.25, 0.3) is 17.3 Å². The minimum Gasteiger partial charge on any atom is -0.493 e. The summed E-state index contributed by atoms with van der Waals surface area (Å²) in [7, 11) is 3.07. The first kappa shape index (κ1) is 22.7. The van der Waals surface area contributed by atoms with E-state index in [0.29, 0.717) is 24.5 Å². The number of fused-ring (bicyclic) bond motifs is 1. The van der Waals surface area contributed by atoms with Crippen LogP contribution in [0.4, 0.5) is 11.4 Å². The highest BCUT2D eigenvalue weighted by molar-refractivity contribution is 5.96. The first-order valence-corrected chi connectivity index (χ1v) is 10.4. The van der Waals surface area contributed by atoms with Crippen molar-refractivity contribution >= 4 is 17.3 Å². The molecule has 10 heteroatoms. The molecule has 1 aliphatic rings. The van der Waals surface area contributed by atoms with Gasteiger partial charge in [-0.05, 0) is 35.2 Å². The zero-order chi connectivity index (χ0) is 24.4. The summed E-state index contributed by atoms with van der Waals surface area (Å²) in [4.78, 5) is 36.4. The average molecular weight is 463 g/mol. The van der Waals surface area contributed by atoms with Crippen LogP contribution in [0.5, 0.6) is 11.5 Å². The quantitative estimate of drug-likeness (QED) is 0.394. The van der Waals surface area contributed by atoms with E-state index >= 15 is 0 Å². The fourth-order valence-corrected chi connectivity index (χ4v) is 4.25. The molecule has 1 aliphatic heterocycles. The zero-order valence-corrected chi connectivity index (χ0v) is 18.5. The van der Waals surface area contributed by atoms with Gasteiger partial charge in [-0.15, -0.1) is 0 Å². The number of carbonyl (C=O) groups excluding carboxylic acids is 1. The molecule has 1 amide bonds. The molecule has 0 saturated heterocycles. The van der Waals surface area contributed by atoms with Crippen LogP contribution in [0.3, 0.4) is 0 Å². The topological polar surface area (TPSA) is 125 Å². The first-order chi connectivity index (χ1) is 16.3. The van der Waals surface area contributed by atoms with Crippen LogP contribution >= 0.6 is 0 Å². The van der Waals surface area contributed by atoms with Gasteiger partial charge in [0.05, 0.1) is 41.7 Å². The molecule has 1 heterocycles. The highest BCUT2D eigenvalue weighted by atomic mass is 16.6. The standard InChI is InChI=1S/C24H21N3O7/c1-33-21-12-16-8-9-25(23(15-6-4-3-5-7-15)20(16)14-22(21)34-2)24(28)17-10-18(26(29)30)13-19(11-17)27(31)32/h3-7,10-14,23H,8-9H2,1-2H3. The number of hydrogen-bond donors (Lipinski definition) is 0. The second-order valence-corrected chi connectivity index (χ2v) is 7.72. The first-order valence-electron chi connectivity index (χ1n) is 10.4. The number of amides is 1. The summed E-state index contributed by atoms with van der Waals surface area (Å²) in [6.45, 7) is 0.303. The minimum absolute atomic E-state index is 0.120. The van der Waals surface area contributed by atoms with Crippen molar-refractivity contribution < 1.29 is 24.1 Å². The number of methoxy groups -OCH3 is 2. The molecule has 174 valence electrons. The van der Waals surface area contributed by atoms with E-state index in [4.69, 9.17) is 9.47 Å². The molecule has 0 fully saturated rings. The van der Waals surface area contributed by atoms with Crippen molar-refractivity contribution in [3.05, 3.63) is 103 Å². The summed E-state index contributed by atoms with van der Waals surface area (Å²) in [5.74, 6) is 0.533. The largest absolute Gasteiger partial charge is 0.493 e. The molecule has 0 radical (unpaired) electrons. The van der Waals surface area contributed by atoms with Gasteiger partial charge in [0.1, 0.15) is 0 Å². The molecule has 0 aromatic heterocycles. The van der Waals surface area contributed by atoms with Crippen LogP contribution < -0.4 is 9.47 Å². The number of hydrogen-bond acceptors (Lipinski definition) is 7. The Bertz CT molecular complexity index is 1240. The van der Waals surface area contributed by atoms with Crippen LogP contribution in [-0.4, -0.2) is 41.4 Å². The normalized spacial score (nSPS) is 14.8. The number of carbonyl (C=O) groups is 1. The van der Waals surface area contributed by atoms with Crippen molar-refractivity contribution in [2.24, 2.45) is 0 Å². The molecule has 0 spiro atoms. The lowest BCUT2D eigenvalue weighted by Crippen LogP contribution is -2.40. The maximum atomic E-state index is 13.6. The Morgan fingerprint density at radius 2 is 1.50 bits per heavy atom. The molecular weight excluding hydrogens is 442 g/mol. The van der Waals surface area contributed by atoms with Gasteiger partial charge in [-0.25, -0.2) is 0 Å². The summed E-state index contributed by atoms with van der Waals surface area (Å²) in [5.41, 5.74) is 1.47. The fraction of sp³-hybridized carbons (Fsp3) is 0.208. The summed E-state index contributed by atoms with van der Waals surface area (Å²) in [6, 6.07) is 15.5. The molecule has 3 aromatic carbocycles. The van der Waals surface area contributed by atoms with E-state index < -0.39 is 33.2 Å². The van der Waals surface area contributed by atoms with Crippen molar-refractivity contribution in [3.8, 4) is 11.5 Å². The monoisotopic (exact) mass is 463 g/mol. The van der Waals surface area contributed by atoms with Crippen LogP contribution in [0.2, 0.25) is 0 Å². The van der Waals surface area contributed by atoms with Gasteiger partial charge in [0.15, 0.2) is 11.5 Å². The molecule has 1 unspecified atom stereocenters. The predicted molar refractivity (Wildman–Crippen MR) is 122 cm³/mol. The number of nitro groups is 2. The van der Waals surface area contributed by atoms with E-state index in [-0.39, 0.29) is 5.56 Å². The Morgan fingerprint density at radius 3 is 2.06 bits per heavy atom. The second kappa shape index (κ2) is 9.18. The Labute approximate surface area is 194 Å². The SMILES string of the molecule is COc1cc2c(cc1OC)C(c1ccccc1)N(C(=O)c1cc([N+](=O)[O-])cc([N+](=O)[O-])c1)CC2. The summed E-state index contributed by atoms with van der Waals surface area (Å²) in [6.07, 6.45) is 0.502. The third kappa shape index (κ3) is 4.13. The third-order valence-electron chi connectivity index (χ3n) is 5.82. The molecule has 0 N–H and O–H groups in total. The van der Waals surface area contributed by atoms with Crippen LogP contribution in [0.1, 0.15) is 33.1 Å². The highest BCUT2D eigenvalue weighted by Gasteiger charge is 2.35. The molecule has 0 aliphatic carbocycles.